The van der Waals surface area contributed by atoms with Gasteiger partial charge in [0, 0.05) is 29.2 Å². The molecule has 0 unspecified atom stereocenters. The van der Waals surface area contributed by atoms with Gasteiger partial charge in [0.25, 0.3) is 0 Å². The summed E-state index contributed by atoms with van der Waals surface area (Å²) < 4.78 is 21.6. The smallest absolute Gasteiger partial charge is 0.325 e. The monoisotopic (exact) mass is 641 g/mol. The molecule has 0 saturated carbocycles. The predicted molar refractivity (Wildman–Crippen MR) is 172 cm³/mol. The van der Waals surface area contributed by atoms with Gasteiger partial charge in [0.05, 0.1) is 27.4 Å². The van der Waals surface area contributed by atoms with E-state index in [1.165, 1.54) is 104 Å². The molecule has 8 heteroatoms. The summed E-state index contributed by atoms with van der Waals surface area (Å²) >= 11 is 3.42. The molecule has 7 nitrogen and oxygen atoms in total. The number of nitrogens with zero attached hydrogens (tertiary/aromatic N) is 1. The summed E-state index contributed by atoms with van der Waals surface area (Å²) in [5.41, 5.74) is 0.638. The topological polar surface area (TPSA) is 74.3 Å². The molecule has 0 aliphatic heterocycles. The number of carbonyl (C=O) groups excluding carboxylic acids is 2. The Labute approximate surface area is 258 Å². The molecule has 0 radical (unpaired) electrons. The van der Waals surface area contributed by atoms with Gasteiger partial charge in [-0.3, -0.25) is 9.59 Å². The fourth-order valence-electron chi connectivity index (χ4n) is 4.67. The van der Waals surface area contributed by atoms with Gasteiger partial charge in [-0.2, -0.15) is 0 Å². The predicted octanol–water partition coefficient (Wildman–Crippen LogP) is 8.64. The van der Waals surface area contributed by atoms with Crippen LogP contribution in [0.1, 0.15) is 116 Å². The second kappa shape index (κ2) is 25.7. The van der Waals surface area contributed by atoms with Crippen molar-refractivity contribution in [3.63, 3.8) is 0 Å². The molecule has 41 heavy (non-hydrogen) atoms. The maximum atomic E-state index is 12.0. The molecular weight excluding hydrogens is 586 g/mol. The Kier molecular flexibility index (Phi) is 23.3. The lowest BCUT2D eigenvalue weighted by molar-refractivity contribution is -0.140. The second-order valence-corrected chi connectivity index (χ2v) is 11.5. The van der Waals surface area contributed by atoms with E-state index in [2.05, 4.69) is 22.9 Å². The molecule has 0 aromatic heterocycles. The Morgan fingerprint density at radius 3 is 1.39 bits per heavy atom. The van der Waals surface area contributed by atoms with Crippen molar-refractivity contribution in [2.45, 2.75) is 116 Å². The van der Waals surface area contributed by atoms with E-state index in [9.17, 15) is 9.59 Å². The van der Waals surface area contributed by atoms with Crippen LogP contribution in [0.3, 0.4) is 0 Å². The van der Waals surface area contributed by atoms with Gasteiger partial charge in [0.1, 0.15) is 24.6 Å². The van der Waals surface area contributed by atoms with Crippen LogP contribution in [0.2, 0.25) is 0 Å². The van der Waals surface area contributed by atoms with Crippen LogP contribution in [0.15, 0.2) is 18.2 Å². The number of unbranched alkanes of at least 4 members (excludes halogenated alkanes) is 15. The summed E-state index contributed by atoms with van der Waals surface area (Å²) in [5.74, 6) is 0.382. The molecule has 0 fully saturated rings. The van der Waals surface area contributed by atoms with Crippen molar-refractivity contribution in [3.8, 4) is 11.5 Å². The molecule has 0 bridgehead atoms. The molecule has 0 aliphatic carbocycles. The number of hydrogen-bond donors (Lipinski definition) is 0. The molecule has 0 saturated heterocycles. The van der Waals surface area contributed by atoms with Crippen molar-refractivity contribution < 1.29 is 28.5 Å². The van der Waals surface area contributed by atoms with Gasteiger partial charge in [0.15, 0.2) is 0 Å². The number of hydrogen-bond acceptors (Lipinski definition) is 7. The maximum Gasteiger partial charge on any atom is 0.325 e. The molecule has 0 N–H and O–H groups in total. The summed E-state index contributed by atoms with van der Waals surface area (Å²) in [7, 11) is 2.65. The third-order valence-corrected chi connectivity index (χ3v) is 7.70. The first kappa shape index (κ1) is 37.1. The molecule has 0 aliphatic rings. The number of ether oxygens (including phenoxy) is 4. The Hall–Kier alpha value is -1.96. The molecule has 1 aromatic carbocycles. The molecule has 236 valence electrons. The lowest BCUT2D eigenvalue weighted by atomic mass is 10.0. The third kappa shape index (κ3) is 19.7. The first-order valence-electron chi connectivity index (χ1n) is 15.9. The largest absolute Gasteiger partial charge is 0.493 e. The minimum absolute atomic E-state index is 0.0883. The van der Waals surface area contributed by atoms with E-state index in [0.717, 1.165) is 24.6 Å². The average molecular weight is 643 g/mol. The van der Waals surface area contributed by atoms with E-state index in [1.807, 2.05) is 18.2 Å². The van der Waals surface area contributed by atoms with E-state index in [-0.39, 0.29) is 13.1 Å². The fourth-order valence-corrected chi connectivity index (χ4v) is 4.90. The Morgan fingerprint density at radius 2 is 1.00 bits per heavy atom. The van der Waals surface area contributed by atoms with Gasteiger partial charge >= 0.3 is 11.9 Å². The molecule has 1 rings (SSSR count). The molecule has 0 heterocycles. The van der Waals surface area contributed by atoms with Crippen LogP contribution in [-0.4, -0.2) is 57.8 Å². The zero-order chi connectivity index (χ0) is 30.0. The van der Waals surface area contributed by atoms with Crippen LogP contribution in [0.4, 0.5) is 5.69 Å². The van der Waals surface area contributed by atoms with E-state index in [1.54, 1.807) is 4.90 Å². The number of anilines is 1. The van der Waals surface area contributed by atoms with Gasteiger partial charge in [-0.15, -0.1) is 0 Å². The molecular formula is C33H56BrNO6. The van der Waals surface area contributed by atoms with Crippen LogP contribution in [-0.2, 0) is 19.1 Å². The number of alkyl halides is 1. The SMILES string of the molecule is CCCCCCCCCCCCCCCCCCOc1cc(OCCCBr)cc(N(CC(=O)OC)CC(=O)OC)c1. The van der Waals surface area contributed by atoms with E-state index < -0.39 is 11.9 Å². The summed E-state index contributed by atoms with van der Waals surface area (Å²) in [5, 5.41) is 0.839. The van der Waals surface area contributed by atoms with Crippen LogP contribution in [0.25, 0.3) is 0 Å². The number of methoxy groups -OCH3 is 2. The van der Waals surface area contributed by atoms with Crippen molar-refractivity contribution in [3.05, 3.63) is 18.2 Å². The summed E-state index contributed by atoms with van der Waals surface area (Å²) in [4.78, 5) is 25.6. The number of rotatable bonds is 27. The zero-order valence-corrected chi connectivity index (χ0v) is 27.6. The Morgan fingerprint density at radius 1 is 0.610 bits per heavy atom. The zero-order valence-electron chi connectivity index (χ0n) is 26.1. The van der Waals surface area contributed by atoms with Gasteiger partial charge < -0.3 is 23.8 Å². The van der Waals surface area contributed by atoms with E-state index in [4.69, 9.17) is 18.9 Å². The maximum absolute atomic E-state index is 12.0. The summed E-state index contributed by atoms with van der Waals surface area (Å²) in [6, 6.07) is 5.50. The normalized spacial score (nSPS) is 10.8. The minimum atomic E-state index is -0.449. The standard InChI is InChI=1S/C33H56BrNO6/c1-4-5-6-7-8-9-10-11-12-13-14-15-16-17-18-19-22-40-30-24-29(25-31(26-30)41-23-20-21-34)35(27-32(36)38-2)28-33(37)39-3/h24-26H,4-23,27-28H2,1-3H3. The Bertz CT molecular complexity index is 788. The van der Waals surface area contributed by atoms with Crippen molar-refractivity contribution in [1.82, 2.24) is 0 Å². The first-order chi connectivity index (χ1) is 20.0. The van der Waals surface area contributed by atoms with Crippen molar-refractivity contribution >= 4 is 33.6 Å². The van der Waals surface area contributed by atoms with Crippen LogP contribution in [0, 0.1) is 0 Å². The van der Waals surface area contributed by atoms with Gasteiger partial charge in [-0.25, -0.2) is 0 Å². The number of halogens is 1. The van der Waals surface area contributed by atoms with E-state index >= 15 is 0 Å². The quantitative estimate of drug-likeness (QED) is 0.0540. The van der Waals surface area contributed by atoms with Crippen LogP contribution >= 0.6 is 15.9 Å². The van der Waals surface area contributed by atoms with Crippen molar-refractivity contribution in [1.29, 1.82) is 0 Å². The third-order valence-electron chi connectivity index (χ3n) is 7.14. The van der Waals surface area contributed by atoms with E-state index in [0.29, 0.717) is 30.4 Å². The lowest BCUT2D eigenvalue weighted by Gasteiger charge is -2.23. The lowest BCUT2D eigenvalue weighted by Crippen LogP contribution is -2.35. The van der Waals surface area contributed by atoms with Crippen molar-refractivity contribution in [2.75, 3.05) is 50.8 Å². The molecule has 0 atom stereocenters. The molecule has 1 aromatic rings. The Balaban J connectivity index is 2.39. The number of benzene rings is 1. The second-order valence-electron chi connectivity index (χ2n) is 10.7. The highest BCUT2D eigenvalue weighted by Crippen LogP contribution is 2.29. The highest BCUT2D eigenvalue weighted by molar-refractivity contribution is 9.09. The molecule has 0 spiro atoms. The summed E-state index contributed by atoms with van der Waals surface area (Å²) in [6.45, 7) is 3.25. The number of esters is 2. The van der Waals surface area contributed by atoms with Crippen LogP contribution in [0.5, 0.6) is 11.5 Å². The number of carbonyl (C=O) groups is 2. The summed E-state index contributed by atoms with van der Waals surface area (Å²) in [6.07, 6.45) is 22.2. The highest BCUT2D eigenvalue weighted by atomic mass is 79.9. The first-order valence-corrected chi connectivity index (χ1v) is 17.0. The minimum Gasteiger partial charge on any atom is -0.493 e. The van der Waals surface area contributed by atoms with Crippen LogP contribution < -0.4 is 14.4 Å². The highest BCUT2D eigenvalue weighted by Gasteiger charge is 2.18. The fraction of sp³-hybridized carbons (Fsp3) is 0.758. The average Bonchev–Trinajstić information content (AvgIpc) is 2.98. The van der Waals surface area contributed by atoms with Crippen molar-refractivity contribution in [2.24, 2.45) is 0 Å². The molecule has 0 amide bonds. The van der Waals surface area contributed by atoms with Gasteiger partial charge in [-0.1, -0.05) is 119 Å². The van der Waals surface area contributed by atoms with Gasteiger partial charge in [0.2, 0.25) is 0 Å². The van der Waals surface area contributed by atoms with Gasteiger partial charge in [-0.05, 0) is 12.8 Å².